The average molecular weight is 154 g/mol. The van der Waals surface area contributed by atoms with E-state index in [0.717, 1.165) is 12.8 Å². The highest BCUT2D eigenvalue weighted by atomic mass is 14.9. The first kappa shape index (κ1) is 10.4. The van der Waals surface area contributed by atoms with Gasteiger partial charge in [-0.1, -0.05) is 13.8 Å². The van der Waals surface area contributed by atoms with E-state index in [1.807, 2.05) is 7.05 Å². The molecule has 0 spiro atoms. The summed E-state index contributed by atoms with van der Waals surface area (Å²) in [5.41, 5.74) is 0. The summed E-state index contributed by atoms with van der Waals surface area (Å²) in [5.74, 6) is 0.714. The van der Waals surface area contributed by atoms with Crippen molar-refractivity contribution in [3.05, 3.63) is 0 Å². The van der Waals surface area contributed by atoms with E-state index in [2.05, 4.69) is 25.2 Å². The van der Waals surface area contributed by atoms with Gasteiger partial charge in [0.15, 0.2) is 0 Å². The third-order valence-corrected chi connectivity index (χ3v) is 1.77. The van der Waals surface area contributed by atoms with E-state index in [1.54, 1.807) is 0 Å². The molecule has 0 radical (unpaired) electrons. The molecule has 0 aromatic heterocycles. The largest absolute Gasteiger partial charge is 0.317 e. The zero-order valence-corrected chi connectivity index (χ0v) is 7.72. The minimum absolute atomic E-state index is 0.523. The van der Waals surface area contributed by atoms with E-state index in [4.69, 9.17) is 5.26 Å². The van der Waals surface area contributed by atoms with E-state index in [1.165, 1.54) is 0 Å². The average Bonchev–Trinajstić information content (AvgIpc) is 1.97. The zero-order valence-electron chi connectivity index (χ0n) is 7.72. The Labute approximate surface area is 69.6 Å². The van der Waals surface area contributed by atoms with Gasteiger partial charge in [0, 0.05) is 12.5 Å². The lowest BCUT2D eigenvalue weighted by atomic mass is 10.0. The molecule has 2 heteroatoms. The Morgan fingerprint density at radius 1 is 1.45 bits per heavy atom. The molecule has 64 valence electrons. The summed E-state index contributed by atoms with van der Waals surface area (Å²) in [6.07, 6.45) is 2.81. The number of rotatable bonds is 5. The second kappa shape index (κ2) is 6.18. The van der Waals surface area contributed by atoms with Gasteiger partial charge in [0.1, 0.15) is 0 Å². The Balaban J connectivity index is 3.51. The Morgan fingerprint density at radius 2 is 2.09 bits per heavy atom. The van der Waals surface area contributed by atoms with Crippen LogP contribution in [0.2, 0.25) is 0 Å². The van der Waals surface area contributed by atoms with Crippen LogP contribution in [0.3, 0.4) is 0 Å². The van der Waals surface area contributed by atoms with Crippen LogP contribution in [0.4, 0.5) is 0 Å². The highest BCUT2D eigenvalue weighted by Gasteiger charge is 2.06. The molecular formula is C9H18N2. The normalized spacial score (nSPS) is 13.0. The van der Waals surface area contributed by atoms with E-state index in [9.17, 15) is 0 Å². The van der Waals surface area contributed by atoms with Gasteiger partial charge in [-0.05, 0) is 25.8 Å². The van der Waals surface area contributed by atoms with Crippen molar-refractivity contribution in [2.75, 3.05) is 7.05 Å². The van der Waals surface area contributed by atoms with Gasteiger partial charge >= 0.3 is 0 Å². The van der Waals surface area contributed by atoms with Crippen molar-refractivity contribution >= 4 is 0 Å². The molecule has 2 nitrogen and oxygen atoms in total. The van der Waals surface area contributed by atoms with Crippen LogP contribution in [0.15, 0.2) is 0 Å². The minimum atomic E-state index is 0.523. The molecule has 0 aliphatic carbocycles. The standard InChI is InChI=1S/C9H18N2/c1-8(2)7-9(11-3)5-4-6-10/h8-9,11H,4-5,7H2,1-3H3. The number of nitriles is 1. The van der Waals surface area contributed by atoms with Gasteiger partial charge < -0.3 is 5.32 Å². The summed E-state index contributed by atoms with van der Waals surface area (Å²) in [5, 5.41) is 11.6. The van der Waals surface area contributed by atoms with Crippen LogP contribution in [0.1, 0.15) is 33.1 Å². The zero-order chi connectivity index (χ0) is 8.69. The molecule has 0 fully saturated rings. The topological polar surface area (TPSA) is 35.8 Å². The Hall–Kier alpha value is -0.550. The van der Waals surface area contributed by atoms with Crippen molar-refractivity contribution in [2.24, 2.45) is 5.92 Å². The molecule has 1 N–H and O–H groups in total. The highest BCUT2D eigenvalue weighted by molar-refractivity contribution is 4.75. The molecule has 1 atom stereocenters. The smallest absolute Gasteiger partial charge is 0.0622 e. The second-order valence-corrected chi connectivity index (χ2v) is 3.31. The molecule has 0 bridgehead atoms. The predicted molar refractivity (Wildman–Crippen MR) is 47.1 cm³/mol. The van der Waals surface area contributed by atoms with Crippen molar-refractivity contribution in [1.82, 2.24) is 5.32 Å². The summed E-state index contributed by atoms with van der Waals surface area (Å²) >= 11 is 0. The van der Waals surface area contributed by atoms with E-state index in [-0.39, 0.29) is 0 Å². The maximum Gasteiger partial charge on any atom is 0.0622 e. The predicted octanol–water partition coefficient (Wildman–Crippen LogP) is 1.92. The molecule has 0 aliphatic rings. The second-order valence-electron chi connectivity index (χ2n) is 3.31. The van der Waals surface area contributed by atoms with Crippen molar-refractivity contribution in [2.45, 2.75) is 39.2 Å². The lowest BCUT2D eigenvalue weighted by molar-refractivity contribution is 0.425. The number of nitrogens with zero attached hydrogens (tertiary/aromatic N) is 1. The Kier molecular flexibility index (Phi) is 5.87. The lowest BCUT2D eigenvalue weighted by Crippen LogP contribution is -2.26. The van der Waals surface area contributed by atoms with Crippen LogP contribution in [-0.4, -0.2) is 13.1 Å². The van der Waals surface area contributed by atoms with Crippen molar-refractivity contribution in [3.8, 4) is 6.07 Å². The van der Waals surface area contributed by atoms with Crippen LogP contribution in [0.5, 0.6) is 0 Å². The number of nitrogens with one attached hydrogen (secondary N) is 1. The quantitative estimate of drug-likeness (QED) is 0.656. The SMILES string of the molecule is CNC(CCC#N)CC(C)C. The molecule has 0 heterocycles. The first-order chi connectivity index (χ1) is 5.20. The van der Waals surface area contributed by atoms with E-state index < -0.39 is 0 Å². The first-order valence-corrected chi connectivity index (χ1v) is 4.25. The molecule has 0 rings (SSSR count). The molecule has 0 saturated heterocycles. The maximum atomic E-state index is 8.37. The summed E-state index contributed by atoms with van der Waals surface area (Å²) in [6.45, 7) is 4.41. The van der Waals surface area contributed by atoms with Crippen LogP contribution in [0.25, 0.3) is 0 Å². The fraction of sp³-hybridized carbons (Fsp3) is 0.889. The molecule has 0 saturated carbocycles. The Morgan fingerprint density at radius 3 is 2.45 bits per heavy atom. The van der Waals surface area contributed by atoms with E-state index in [0.29, 0.717) is 18.4 Å². The van der Waals surface area contributed by atoms with Gasteiger partial charge in [0.05, 0.1) is 6.07 Å². The monoisotopic (exact) mass is 154 g/mol. The molecule has 0 aliphatic heterocycles. The summed E-state index contributed by atoms with van der Waals surface area (Å²) in [6, 6.07) is 2.69. The van der Waals surface area contributed by atoms with Crippen LogP contribution in [0, 0.1) is 17.2 Å². The molecule has 0 aromatic carbocycles. The van der Waals surface area contributed by atoms with Crippen molar-refractivity contribution < 1.29 is 0 Å². The number of hydrogen-bond acceptors (Lipinski definition) is 2. The fourth-order valence-corrected chi connectivity index (χ4v) is 1.19. The molecule has 1 unspecified atom stereocenters. The Bertz CT molecular complexity index is 124. The van der Waals surface area contributed by atoms with Gasteiger partial charge in [-0.25, -0.2) is 0 Å². The molecule has 0 amide bonds. The summed E-state index contributed by atoms with van der Waals surface area (Å²) in [4.78, 5) is 0. The van der Waals surface area contributed by atoms with Crippen LogP contribution >= 0.6 is 0 Å². The van der Waals surface area contributed by atoms with Gasteiger partial charge in [0.2, 0.25) is 0 Å². The summed E-state index contributed by atoms with van der Waals surface area (Å²) < 4.78 is 0. The molecule has 0 aromatic rings. The molecular weight excluding hydrogens is 136 g/mol. The number of hydrogen-bond donors (Lipinski definition) is 1. The third kappa shape index (κ3) is 5.87. The van der Waals surface area contributed by atoms with Crippen LogP contribution in [-0.2, 0) is 0 Å². The third-order valence-electron chi connectivity index (χ3n) is 1.77. The van der Waals surface area contributed by atoms with Gasteiger partial charge in [0.25, 0.3) is 0 Å². The lowest BCUT2D eigenvalue weighted by Gasteiger charge is -2.16. The first-order valence-electron chi connectivity index (χ1n) is 4.25. The van der Waals surface area contributed by atoms with Gasteiger partial charge in [-0.3, -0.25) is 0 Å². The highest BCUT2D eigenvalue weighted by Crippen LogP contribution is 2.08. The summed E-state index contributed by atoms with van der Waals surface area (Å²) in [7, 11) is 1.96. The van der Waals surface area contributed by atoms with Gasteiger partial charge in [-0.15, -0.1) is 0 Å². The molecule has 11 heavy (non-hydrogen) atoms. The minimum Gasteiger partial charge on any atom is -0.317 e. The fourth-order valence-electron chi connectivity index (χ4n) is 1.19. The van der Waals surface area contributed by atoms with Crippen molar-refractivity contribution in [3.63, 3.8) is 0 Å². The van der Waals surface area contributed by atoms with Crippen LogP contribution < -0.4 is 5.32 Å². The maximum absolute atomic E-state index is 8.37. The van der Waals surface area contributed by atoms with Crippen molar-refractivity contribution in [1.29, 1.82) is 5.26 Å². The van der Waals surface area contributed by atoms with E-state index >= 15 is 0 Å². The van der Waals surface area contributed by atoms with Gasteiger partial charge in [-0.2, -0.15) is 5.26 Å².